The molecule has 0 atom stereocenters. The second kappa shape index (κ2) is 12.2. The standard InChI is InChI=1S/C22H21O2P.C9H8O3/c1-16-14-17(2)21(18(3)15-16)22(23)25(24,19-10-6-4-7-11-19)20-12-8-5-9-13-20;1-12-9(11)8(10)7-5-3-2-4-6-7/h4-15H,1-3H3;2-6H,1H3. The number of hydrogen-bond acceptors (Lipinski definition) is 5. The molecule has 0 saturated carbocycles. The highest BCUT2D eigenvalue weighted by atomic mass is 31.2. The predicted molar refractivity (Wildman–Crippen MR) is 148 cm³/mol. The van der Waals surface area contributed by atoms with Crippen LogP contribution in [0, 0.1) is 20.8 Å². The van der Waals surface area contributed by atoms with Crippen molar-refractivity contribution in [1.82, 2.24) is 0 Å². The first-order valence-corrected chi connectivity index (χ1v) is 13.4. The van der Waals surface area contributed by atoms with Crippen molar-refractivity contribution in [2.45, 2.75) is 20.8 Å². The summed E-state index contributed by atoms with van der Waals surface area (Å²) in [6, 6.07) is 30.4. The van der Waals surface area contributed by atoms with E-state index in [1.807, 2.05) is 69.3 Å². The first-order valence-electron chi connectivity index (χ1n) is 11.7. The quantitative estimate of drug-likeness (QED) is 0.141. The number of esters is 1. The van der Waals surface area contributed by atoms with Crippen LogP contribution in [0.2, 0.25) is 0 Å². The molecule has 188 valence electrons. The van der Waals surface area contributed by atoms with Gasteiger partial charge in [0.05, 0.1) is 7.11 Å². The third kappa shape index (κ3) is 6.19. The van der Waals surface area contributed by atoms with Gasteiger partial charge in [0.2, 0.25) is 12.7 Å². The number of carbonyl (C=O) groups is 3. The van der Waals surface area contributed by atoms with Crippen LogP contribution in [-0.2, 0) is 14.1 Å². The lowest BCUT2D eigenvalue weighted by Crippen LogP contribution is -2.23. The van der Waals surface area contributed by atoms with Crippen LogP contribution in [0.4, 0.5) is 0 Å². The minimum atomic E-state index is -3.44. The predicted octanol–water partition coefficient (Wildman–Crippen LogP) is 5.81. The van der Waals surface area contributed by atoms with Gasteiger partial charge in [-0.05, 0) is 31.9 Å². The minimum absolute atomic E-state index is 0.292. The number of benzene rings is 4. The molecule has 0 aliphatic carbocycles. The third-order valence-electron chi connectivity index (χ3n) is 5.82. The SMILES string of the molecule is COC(=O)C(=O)c1ccccc1.Cc1cc(C)c(C(=O)P(=O)(c2ccccc2)c2ccccc2)c(C)c1. The molecule has 5 nitrogen and oxygen atoms in total. The van der Waals surface area contributed by atoms with Crippen LogP contribution in [0.15, 0.2) is 103 Å². The lowest BCUT2D eigenvalue weighted by atomic mass is 10.0. The van der Waals surface area contributed by atoms with E-state index in [1.54, 1.807) is 54.6 Å². The van der Waals surface area contributed by atoms with Gasteiger partial charge in [-0.15, -0.1) is 0 Å². The molecule has 0 heterocycles. The van der Waals surface area contributed by atoms with E-state index in [0.29, 0.717) is 21.7 Å². The van der Waals surface area contributed by atoms with Gasteiger partial charge in [-0.1, -0.05) is 109 Å². The normalized spacial score (nSPS) is 10.6. The zero-order valence-corrected chi connectivity index (χ0v) is 22.2. The molecule has 0 amide bonds. The van der Waals surface area contributed by atoms with Gasteiger partial charge in [-0.25, -0.2) is 4.79 Å². The molecule has 0 spiro atoms. The summed E-state index contributed by atoms with van der Waals surface area (Å²) in [6.45, 7) is 5.82. The van der Waals surface area contributed by atoms with Crippen molar-refractivity contribution in [3.8, 4) is 0 Å². The van der Waals surface area contributed by atoms with Crippen molar-refractivity contribution < 1.29 is 23.7 Å². The number of ketones is 1. The first kappa shape index (κ1) is 27.5. The van der Waals surface area contributed by atoms with Crippen molar-refractivity contribution in [3.63, 3.8) is 0 Å². The number of hydrogen-bond donors (Lipinski definition) is 0. The molecule has 0 aliphatic heterocycles. The lowest BCUT2D eigenvalue weighted by molar-refractivity contribution is -0.135. The fourth-order valence-corrected chi connectivity index (χ4v) is 6.75. The van der Waals surface area contributed by atoms with Gasteiger partial charge in [0.15, 0.2) is 0 Å². The Bertz CT molecular complexity index is 1380. The van der Waals surface area contributed by atoms with E-state index in [-0.39, 0.29) is 5.52 Å². The van der Waals surface area contributed by atoms with Crippen LogP contribution in [0.5, 0.6) is 0 Å². The summed E-state index contributed by atoms with van der Waals surface area (Å²) in [5.74, 6) is -1.45. The fraction of sp³-hybridized carbons (Fsp3) is 0.129. The molecule has 6 heteroatoms. The Labute approximate surface area is 217 Å². The smallest absolute Gasteiger partial charge is 0.379 e. The molecule has 0 radical (unpaired) electrons. The molecule has 37 heavy (non-hydrogen) atoms. The van der Waals surface area contributed by atoms with Gasteiger partial charge in [0.1, 0.15) is 0 Å². The summed E-state index contributed by atoms with van der Waals surface area (Å²) >= 11 is 0. The molecule has 0 aromatic heterocycles. The van der Waals surface area contributed by atoms with Gasteiger partial charge in [-0.3, -0.25) is 9.59 Å². The van der Waals surface area contributed by atoms with E-state index >= 15 is 0 Å². The van der Waals surface area contributed by atoms with E-state index in [2.05, 4.69) is 4.74 Å². The summed E-state index contributed by atoms with van der Waals surface area (Å²) in [4.78, 5) is 35.4. The average molecular weight is 513 g/mol. The van der Waals surface area contributed by atoms with Crippen molar-refractivity contribution in [2.75, 3.05) is 7.11 Å². The summed E-state index contributed by atoms with van der Waals surface area (Å²) in [7, 11) is -2.26. The van der Waals surface area contributed by atoms with E-state index in [9.17, 15) is 18.9 Å². The van der Waals surface area contributed by atoms with Crippen LogP contribution in [-0.4, -0.2) is 24.4 Å². The molecule has 4 aromatic rings. The molecular formula is C31H29O5P. The fourth-order valence-electron chi connectivity index (χ4n) is 4.13. The molecule has 4 rings (SSSR count). The molecule has 0 N–H and O–H groups in total. The largest absolute Gasteiger partial charge is 0.463 e. The number of rotatable bonds is 6. The molecule has 0 bridgehead atoms. The molecule has 0 saturated heterocycles. The second-order valence-corrected chi connectivity index (χ2v) is 11.2. The van der Waals surface area contributed by atoms with Crippen molar-refractivity contribution in [1.29, 1.82) is 0 Å². The summed E-state index contributed by atoms with van der Waals surface area (Å²) in [5, 5.41) is 1.15. The van der Waals surface area contributed by atoms with Crippen LogP contribution in [0.3, 0.4) is 0 Å². The number of Topliss-reactive ketones (excluding diaryl/α,β-unsaturated/α-hetero) is 1. The van der Waals surface area contributed by atoms with Gasteiger partial charge in [-0.2, -0.15) is 0 Å². The number of aryl methyl sites for hydroxylation is 3. The highest BCUT2D eigenvalue weighted by molar-refractivity contribution is 7.93. The average Bonchev–Trinajstić information content (AvgIpc) is 2.93. The first-order chi connectivity index (χ1) is 17.7. The van der Waals surface area contributed by atoms with E-state index in [1.165, 1.54) is 7.11 Å². The van der Waals surface area contributed by atoms with E-state index < -0.39 is 18.9 Å². The highest BCUT2D eigenvalue weighted by Crippen LogP contribution is 2.47. The second-order valence-electron chi connectivity index (χ2n) is 8.55. The maximum Gasteiger partial charge on any atom is 0.379 e. The van der Waals surface area contributed by atoms with Gasteiger partial charge >= 0.3 is 5.97 Å². The van der Waals surface area contributed by atoms with E-state index in [0.717, 1.165) is 16.7 Å². The van der Waals surface area contributed by atoms with Crippen molar-refractivity contribution in [3.05, 3.63) is 131 Å². The minimum Gasteiger partial charge on any atom is -0.463 e. The van der Waals surface area contributed by atoms with Gasteiger partial charge < -0.3 is 9.30 Å². The van der Waals surface area contributed by atoms with Crippen LogP contribution in [0.1, 0.15) is 37.4 Å². The Balaban J connectivity index is 0.000000266. The Morgan fingerprint density at radius 1 is 0.649 bits per heavy atom. The van der Waals surface area contributed by atoms with Crippen molar-refractivity contribution in [2.24, 2.45) is 0 Å². The Morgan fingerprint density at radius 2 is 1.05 bits per heavy atom. The Kier molecular flexibility index (Phi) is 9.10. The number of ether oxygens (including phenoxy) is 1. The van der Waals surface area contributed by atoms with Crippen LogP contribution >= 0.6 is 7.14 Å². The van der Waals surface area contributed by atoms with E-state index in [4.69, 9.17) is 0 Å². The molecule has 0 aliphatic rings. The third-order valence-corrected chi connectivity index (χ3v) is 8.67. The Morgan fingerprint density at radius 3 is 1.46 bits per heavy atom. The van der Waals surface area contributed by atoms with Crippen LogP contribution < -0.4 is 10.6 Å². The zero-order chi connectivity index (χ0) is 27.0. The molecule has 0 unspecified atom stereocenters. The lowest BCUT2D eigenvalue weighted by Gasteiger charge is -2.20. The monoisotopic (exact) mass is 512 g/mol. The van der Waals surface area contributed by atoms with Crippen molar-refractivity contribution >= 4 is 35.0 Å². The molecule has 4 aromatic carbocycles. The van der Waals surface area contributed by atoms with Gasteiger partial charge in [0, 0.05) is 21.7 Å². The number of methoxy groups -OCH3 is 1. The Hall–Kier alpha value is -4.08. The van der Waals surface area contributed by atoms with Gasteiger partial charge in [0.25, 0.3) is 5.78 Å². The topological polar surface area (TPSA) is 77.5 Å². The number of carbonyl (C=O) groups excluding carboxylic acids is 3. The summed E-state index contributed by atoms with van der Waals surface area (Å²) < 4.78 is 18.4. The molecular weight excluding hydrogens is 483 g/mol. The van der Waals surface area contributed by atoms with Crippen LogP contribution in [0.25, 0.3) is 0 Å². The summed E-state index contributed by atoms with van der Waals surface area (Å²) in [6.07, 6.45) is 0. The highest BCUT2D eigenvalue weighted by Gasteiger charge is 2.37. The maximum absolute atomic E-state index is 14.2. The summed E-state index contributed by atoms with van der Waals surface area (Å²) in [5.41, 5.74) is 3.47. The maximum atomic E-state index is 14.2. The zero-order valence-electron chi connectivity index (χ0n) is 21.3. The molecule has 0 fully saturated rings.